The number of rotatable bonds is 17. The summed E-state index contributed by atoms with van der Waals surface area (Å²) < 4.78 is 32.2. The zero-order chi connectivity index (χ0) is 21.6. The molecular formula is C18H35NO8P-. The van der Waals surface area contributed by atoms with E-state index in [1.54, 1.807) is 0 Å². The van der Waals surface area contributed by atoms with Crippen LogP contribution in [-0.4, -0.2) is 69.0 Å². The van der Waals surface area contributed by atoms with Gasteiger partial charge >= 0.3 is 13.8 Å². The Morgan fingerprint density at radius 3 is 2.39 bits per heavy atom. The van der Waals surface area contributed by atoms with Gasteiger partial charge in [0.05, 0.1) is 27.7 Å². The summed E-state index contributed by atoms with van der Waals surface area (Å²) in [5.41, 5.74) is 0. The van der Waals surface area contributed by atoms with Crippen LogP contribution in [0.5, 0.6) is 0 Å². The number of unbranched alkanes of at least 4 members (excludes halogenated alkanes) is 4. The fraction of sp³-hybridized carbons (Fsp3) is 0.778. The van der Waals surface area contributed by atoms with Crippen molar-refractivity contribution in [2.45, 2.75) is 44.6 Å². The Morgan fingerprint density at radius 1 is 1.18 bits per heavy atom. The second-order valence-corrected chi connectivity index (χ2v) is 8.88. The summed E-state index contributed by atoms with van der Waals surface area (Å²) in [6.07, 6.45) is 3.56. The topological polar surface area (TPSA) is 114 Å². The van der Waals surface area contributed by atoms with Crippen molar-refractivity contribution in [2.24, 2.45) is 0 Å². The second-order valence-electron chi connectivity index (χ2n) is 7.42. The predicted octanol–water partition coefficient (Wildman–Crippen LogP) is 1.76. The molecule has 1 unspecified atom stereocenters. The molecule has 0 aromatic rings. The molecule has 166 valence electrons. The SMILES string of the molecule is C=C([O-])OC[C@H](COP(=O)(O)OCC[N+](C)(C)C)OC(=O)CCCCCC[CH2-]. The first-order valence-corrected chi connectivity index (χ1v) is 10.8. The zero-order valence-electron chi connectivity index (χ0n) is 17.3. The lowest BCUT2D eigenvalue weighted by molar-refractivity contribution is -0.870. The summed E-state index contributed by atoms with van der Waals surface area (Å²) in [6, 6.07) is 0. The highest BCUT2D eigenvalue weighted by Crippen LogP contribution is 2.43. The van der Waals surface area contributed by atoms with Crippen molar-refractivity contribution in [3.8, 4) is 0 Å². The van der Waals surface area contributed by atoms with Gasteiger partial charge in [0.2, 0.25) is 0 Å². The molecule has 0 saturated heterocycles. The van der Waals surface area contributed by atoms with Crippen molar-refractivity contribution in [1.82, 2.24) is 0 Å². The Hall–Kier alpha value is -1.12. The summed E-state index contributed by atoms with van der Waals surface area (Å²) in [7, 11) is 1.41. The van der Waals surface area contributed by atoms with Gasteiger partial charge in [0.1, 0.15) is 19.3 Å². The number of phosphoric acid groups is 1. The molecule has 0 aliphatic rings. The van der Waals surface area contributed by atoms with E-state index in [2.05, 4.69) is 13.5 Å². The number of carbonyl (C=O) groups excluding carboxylic acids is 1. The predicted molar refractivity (Wildman–Crippen MR) is 103 cm³/mol. The fourth-order valence-corrected chi connectivity index (χ4v) is 2.73. The van der Waals surface area contributed by atoms with Crippen LogP contribution >= 0.6 is 7.82 Å². The van der Waals surface area contributed by atoms with Gasteiger partial charge in [0.25, 0.3) is 0 Å². The molecule has 0 rings (SSSR count). The van der Waals surface area contributed by atoms with Crippen molar-refractivity contribution in [1.29, 1.82) is 0 Å². The molecule has 0 aromatic heterocycles. The van der Waals surface area contributed by atoms with Crippen molar-refractivity contribution in [3.63, 3.8) is 0 Å². The van der Waals surface area contributed by atoms with E-state index in [0.717, 1.165) is 25.7 Å². The van der Waals surface area contributed by atoms with E-state index in [9.17, 15) is 19.4 Å². The third-order valence-corrected chi connectivity index (χ3v) is 4.53. The Morgan fingerprint density at radius 2 is 1.82 bits per heavy atom. The van der Waals surface area contributed by atoms with E-state index in [1.165, 1.54) is 0 Å². The van der Waals surface area contributed by atoms with Gasteiger partial charge in [-0.3, -0.25) is 13.8 Å². The van der Waals surface area contributed by atoms with Crippen LogP contribution in [0.4, 0.5) is 0 Å². The lowest BCUT2D eigenvalue weighted by Crippen LogP contribution is -2.37. The molecule has 0 spiro atoms. The quantitative estimate of drug-likeness (QED) is 0.0938. The Bertz CT molecular complexity index is 506. The normalized spacial score (nSPS) is 14.9. The summed E-state index contributed by atoms with van der Waals surface area (Å²) >= 11 is 0. The van der Waals surface area contributed by atoms with E-state index in [4.69, 9.17) is 18.5 Å². The smallest absolute Gasteiger partial charge is 0.472 e. The Labute approximate surface area is 168 Å². The number of esters is 1. The molecule has 0 aliphatic heterocycles. The maximum Gasteiger partial charge on any atom is 0.472 e. The zero-order valence-corrected chi connectivity index (χ0v) is 18.2. The molecule has 0 aromatic carbocycles. The molecule has 9 nitrogen and oxygen atoms in total. The number of carbonyl (C=O) groups is 1. The van der Waals surface area contributed by atoms with Gasteiger partial charge in [-0.25, -0.2) is 4.57 Å². The van der Waals surface area contributed by atoms with Crippen LogP contribution in [0.25, 0.3) is 0 Å². The van der Waals surface area contributed by atoms with E-state index >= 15 is 0 Å². The lowest BCUT2D eigenvalue weighted by Gasteiger charge is -2.25. The molecule has 0 bridgehead atoms. The minimum absolute atomic E-state index is 0.0167. The van der Waals surface area contributed by atoms with E-state index in [1.807, 2.05) is 21.1 Å². The van der Waals surface area contributed by atoms with Gasteiger partial charge in [0, 0.05) is 19.0 Å². The number of phosphoric ester groups is 1. The summed E-state index contributed by atoms with van der Waals surface area (Å²) in [5.74, 6) is -1.30. The maximum absolute atomic E-state index is 11.9. The van der Waals surface area contributed by atoms with Crippen LogP contribution < -0.4 is 5.11 Å². The summed E-state index contributed by atoms with van der Waals surface area (Å²) in [5, 5.41) is 10.9. The molecule has 0 fully saturated rings. The number of hydrogen-bond acceptors (Lipinski definition) is 7. The molecule has 0 amide bonds. The summed E-state index contributed by atoms with van der Waals surface area (Å²) in [6.45, 7) is 6.56. The molecule has 10 heteroatoms. The van der Waals surface area contributed by atoms with Crippen molar-refractivity contribution < 1.29 is 42.4 Å². The molecule has 28 heavy (non-hydrogen) atoms. The van der Waals surface area contributed by atoms with E-state index in [-0.39, 0.29) is 19.6 Å². The van der Waals surface area contributed by atoms with Gasteiger partial charge in [-0.1, -0.05) is 25.8 Å². The first kappa shape index (κ1) is 26.9. The van der Waals surface area contributed by atoms with Crippen molar-refractivity contribution >= 4 is 13.8 Å². The monoisotopic (exact) mass is 424 g/mol. The van der Waals surface area contributed by atoms with Gasteiger partial charge < -0.3 is 30.9 Å². The van der Waals surface area contributed by atoms with Crippen LogP contribution in [0.3, 0.4) is 0 Å². The third-order valence-electron chi connectivity index (χ3n) is 3.55. The molecule has 0 saturated carbocycles. The largest absolute Gasteiger partial charge is 0.610 e. The van der Waals surface area contributed by atoms with Crippen molar-refractivity contribution in [3.05, 3.63) is 19.4 Å². The molecule has 1 N–H and O–H groups in total. The Balaban J connectivity index is 4.44. The molecule has 0 aliphatic carbocycles. The number of ether oxygens (including phenoxy) is 2. The number of hydrogen-bond donors (Lipinski definition) is 1. The molecule has 2 atom stereocenters. The average molecular weight is 424 g/mol. The highest BCUT2D eigenvalue weighted by molar-refractivity contribution is 7.47. The molecule has 0 heterocycles. The standard InChI is InChI=1S/C18H36NO8P/c1-6-7-8-9-10-11-18(21)27-17(14-24-16(2)20)15-26-28(22,23)25-13-12-19(3,4)5/h17,20H,1-2,6-15H2,3-5H3,(H,22,23)/p-1/t17-/m1/s1. The van der Waals surface area contributed by atoms with Gasteiger partial charge in [0.15, 0.2) is 0 Å². The first-order valence-electron chi connectivity index (χ1n) is 9.35. The van der Waals surface area contributed by atoms with Crippen LogP contribution in [0.15, 0.2) is 12.5 Å². The maximum atomic E-state index is 11.9. The average Bonchev–Trinajstić information content (AvgIpc) is 2.55. The molecular weight excluding hydrogens is 389 g/mol. The first-order chi connectivity index (χ1) is 12.9. The third kappa shape index (κ3) is 17.0. The second kappa shape index (κ2) is 14.0. The molecule has 0 radical (unpaired) electrons. The van der Waals surface area contributed by atoms with Crippen molar-refractivity contribution in [2.75, 3.05) is 47.5 Å². The van der Waals surface area contributed by atoms with Crippen LogP contribution in [0.1, 0.15) is 38.5 Å². The lowest BCUT2D eigenvalue weighted by atomic mass is 10.1. The summed E-state index contributed by atoms with van der Waals surface area (Å²) in [4.78, 5) is 21.7. The van der Waals surface area contributed by atoms with Gasteiger partial charge in [-0.15, -0.1) is 0 Å². The highest BCUT2D eigenvalue weighted by Gasteiger charge is 2.25. The Kier molecular flexibility index (Phi) is 13.4. The van der Waals surface area contributed by atoms with Gasteiger partial charge in [-0.05, 0) is 6.42 Å². The van der Waals surface area contributed by atoms with Gasteiger partial charge in [-0.2, -0.15) is 6.42 Å². The minimum Gasteiger partial charge on any atom is -0.610 e. The number of quaternary nitrogens is 1. The number of likely N-dealkylation sites (N-methyl/N-ethyl adjacent to an activating group) is 1. The van der Waals surface area contributed by atoms with Crippen LogP contribution in [0, 0.1) is 6.92 Å². The van der Waals surface area contributed by atoms with Crippen LogP contribution in [0.2, 0.25) is 0 Å². The highest BCUT2D eigenvalue weighted by atomic mass is 31.2. The van der Waals surface area contributed by atoms with E-state index < -0.39 is 32.4 Å². The fourth-order valence-electron chi connectivity index (χ4n) is 1.99. The number of nitrogens with zero attached hydrogens (tertiary/aromatic N) is 1. The van der Waals surface area contributed by atoms with E-state index in [0.29, 0.717) is 17.4 Å². The van der Waals surface area contributed by atoms with Crippen LogP contribution in [-0.2, 0) is 27.9 Å². The minimum atomic E-state index is -4.32.